The molecule has 342 valence electrons. The minimum Gasteiger partial charge on any atom is -0.379 e. The molecule has 8 unspecified atom stereocenters. The van der Waals surface area contributed by atoms with Crippen LogP contribution in [0.4, 0.5) is 0 Å². The van der Waals surface area contributed by atoms with E-state index in [9.17, 15) is 24.0 Å². The molecule has 0 aromatic heterocycles. The van der Waals surface area contributed by atoms with E-state index in [1.807, 2.05) is 71.9 Å². The summed E-state index contributed by atoms with van der Waals surface area (Å²) in [5.41, 5.74) is 0.942. The van der Waals surface area contributed by atoms with Crippen LogP contribution in [0.2, 0.25) is 0 Å². The number of hydrogen-bond donors (Lipinski definition) is 3. The minimum absolute atomic E-state index is 0.00985. The summed E-state index contributed by atoms with van der Waals surface area (Å²) in [5.74, 6) is -1.61. The number of hydrogen-bond acceptors (Lipinski definition) is 9. The van der Waals surface area contributed by atoms with Crippen LogP contribution in [0.1, 0.15) is 100.0 Å². The third-order valence-electron chi connectivity index (χ3n) is 12.1. The molecule has 0 aliphatic carbocycles. The van der Waals surface area contributed by atoms with Crippen LogP contribution in [0.3, 0.4) is 0 Å². The number of carbonyl (C=O) groups excluding carboxylic acids is 5. The highest BCUT2D eigenvalue weighted by molar-refractivity contribution is 5.89. The highest BCUT2D eigenvalue weighted by Crippen LogP contribution is 2.29. The Morgan fingerprint density at radius 2 is 1.50 bits per heavy atom. The summed E-state index contributed by atoms with van der Waals surface area (Å²) >= 11 is 0. The zero-order valence-corrected chi connectivity index (χ0v) is 39.1. The second kappa shape index (κ2) is 27.4. The average Bonchev–Trinajstić information content (AvgIpc) is 3.73. The molecule has 2 aliphatic rings. The molecular weight excluding hydrogens is 763 g/mol. The molecule has 2 aliphatic heterocycles. The fraction of sp³-hybridized carbons (Fsp3) is 0.761. The maximum Gasteiger partial charge on any atom is 0.245 e. The van der Waals surface area contributed by atoms with Gasteiger partial charge < -0.3 is 40.1 Å². The molecule has 2 heterocycles. The Balaban J connectivity index is 0.00000401. The van der Waals surface area contributed by atoms with E-state index < -0.39 is 30.2 Å². The molecule has 2 fully saturated rings. The predicted molar refractivity (Wildman–Crippen MR) is 238 cm³/mol. The van der Waals surface area contributed by atoms with Crippen molar-refractivity contribution < 1.29 is 33.4 Å². The fourth-order valence-corrected chi connectivity index (χ4v) is 8.68. The van der Waals surface area contributed by atoms with Crippen molar-refractivity contribution in [3.05, 3.63) is 35.9 Å². The van der Waals surface area contributed by atoms with E-state index in [0.717, 1.165) is 44.6 Å². The summed E-state index contributed by atoms with van der Waals surface area (Å²) in [6, 6.07) is 7.75. The van der Waals surface area contributed by atoms with Crippen molar-refractivity contribution in [1.82, 2.24) is 35.6 Å². The summed E-state index contributed by atoms with van der Waals surface area (Å²) in [6.07, 6.45) is 2.55. The van der Waals surface area contributed by atoms with Crippen molar-refractivity contribution in [2.45, 2.75) is 137 Å². The first-order valence-electron chi connectivity index (χ1n) is 22.6. The fourth-order valence-electron chi connectivity index (χ4n) is 8.68. The van der Waals surface area contributed by atoms with Gasteiger partial charge in [-0.1, -0.05) is 91.6 Å². The van der Waals surface area contributed by atoms with Gasteiger partial charge in [0, 0.05) is 73.5 Å². The molecule has 0 saturated carbocycles. The normalized spacial score (nSPS) is 19.1. The predicted octanol–water partition coefficient (Wildman–Crippen LogP) is 3.96. The highest BCUT2D eigenvalue weighted by Gasteiger charge is 2.43. The Bertz CT molecular complexity index is 1440. The molecule has 3 N–H and O–H groups in total. The van der Waals surface area contributed by atoms with Gasteiger partial charge >= 0.3 is 0 Å². The number of nitrogens with zero attached hydrogens (tertiary/aromatic N) is 4. The van der Waals surface area contributed by atoms with Crippen molar-refractivity contribution in [1.29, 1.82) is 0 Å². The van der Waals surface area contributed by atoms with Gasteiger partial charge in [0.2, 0.25) is 29.5 Å². The van der Waals surface area contributed by atoms with Crippen molar-refractivity contribution in [2.24, 2.45) is 17.8 Å². The third-order valence-corrected chi connectivity index (χ3v) is 12.1. The maximum absolute atomic E-state index is 14.2. The second-order valence-electron chi connectivity index (χ2n) is 16.8. The summed E-state index contributed by atoms with van der Waals surface area (Å²) in [6.45, 7) is 22.6. The lowest BCUT2D eigenvalue weighted by molar-refractivity contribution is -0.146. The van der Waals surface area contributed by atoms with Crippen molar-refractivity contribution in [2.75, 3.05) is 73.6 Å². The molecule has 1 aromatic rings. The summed E-state index contributed by atoms with van der Waals surface area (Å²) in [4.78, 5) is 76.2. The number of piperazine rings is 1. The molecule has 0 spiro atoms. The van der Waals surface area contributed by atoms with E-state index in [-0.39, 0.29) is 66.4 Å². The first-order valence-corrected chi connectivity index (χ1v) is 22.6. The van der Waals surface area contributed by atoms with Gasteiger partial charge in [-0.05, 0) is 44.1 Å². The van der Waals surface area contributed by atoms with Crippen LogP contribution in [0.25, 0.3) is 0 Å². The zero-order valence-electron chi connectivity index (χ0n) is 39.1. The van der Waals surface area contributed by atoms with Gasteiger partial charge in [-0.2, -0.15) is 0 Å². The topological polar surface area (TPSA) is 153 Å². The Hall–Kier alpha value is -3.59. The van der Waals surface area contributed by atoms with Gasteiger partial charge in [-0.3, -0.25) is 28.9 Å². The zero-order chi connectivity index (χ0) is 44.9. The van der Waals surface area contributed by atoms with E-state index in [0.29, 0.717) is 32.5 Å². The number of nitrogens with one attached hydrogen (secondary N) is 3. The molecule has 8 atom stereocenters. The van der Waals surface area contributed by atoms with Gasteiger partial charge in [-0.25, -0.2) is 0 Å². The van der Waals surface area contributed by atoms with E-state index in [1.165, 1.54) is 6.42 Å². The van der Waals surface area contributed by atoms with E-state index >= 15 is 0 Å². The van der Waals surface area contributed by atoms with E-state index in [2.05, 4.69) is 34.7 Å². The van der Waals surface area contributed by atoms with Crippen LogP contribution in [0, 0.1) is 17.8 Å². The van der Waals surface area contributed by atoms with Gasteiger partial charge in [0.1, 0.15) is 6.04 Å². The van der Waals surface area contributed by atoms with Gasteiger partial charge in [0.05, 0.1) is 49.2 Å². The van der Waals surface area contributed by atoms with Gasteiger partial charge in [0.25, 0.3) is 0 Å². The Labute approximate surface area is 362 Å². The second-order valence-corrected chi connectivity index (χ2v) is 16.8. The molecule has 14 nitrogen and oxygen atoms in total. The van der Waals surface area contributed by atoms with Crippen molar-refractivity contribution >= 4 is 29.5 Å². The Morgan fingerprint density at radius 1 is 0.883 bits per heavy atom. The smallest absolute Gasteiger partial charge is 0.245 e. The molecule has 3 rings (SSSR count). The first-order chi connectivity index (χ1) is 28.6. The molecule has 1 aromatic carbocycles. The highest BCUT2D eigenvalue weighted by atomic mass is 16.5. The molecule has 60 heavy (non-hydrogen) atoms. The molecule has 14 heteroatoms. The third kappa shape index (κ3) is 15.1. The number of amides is 5. The monoisotopic (exact) mass is 844 g/mol. The Kier molecular flexibility index (Phi) is 24.0. The lowest BCUT2D eigenvalue weighted by Crippen LogP contribution is -2.57. The molecular formula is C46H81N7O7. The minimum atomic E-state index is -0.752. The van der Waals surface area contributed by atoms with Crippen LogP contribution in [0.15, 0.2) is 30.3 Å². The Morgan fingerprint density at radius 3 is 2.03 bits per heavy atom. The number of ether oxygens (including phenoxy) is 2. The molecule has 2 saturated heterocycles. The number of likely N-dealkylation sites (tertiary alicyclic amines) is 1. The largest absolute Gasteiger partial charge is 0.379 e. The number of likely N-dealkylation sites (N-methyl/N-ethyl adjacent to an activating group) is 2. The van der Waals surface area contributed by atoms with Crippen LogP contribution < -0.4 is 16.0 Å². The molecule has 0 bridgehead atoms. The lowest BCUT2D eigenvalue weighted by Gasteiger charge is -2.39. The number of carbonyl (C=O) groups is 5. The first kappa shape index (κ1) is 52.5. The average molecular weight is 844 g/mol. The lowest BCUT2D eigenvalue weighted by atomic mass is 9.90. The summed E-state index contributed by atoms with van der Waals surface area (Å²) in [7, 11) is 4.83. The van der Waals surface area contributed by atoms with Crippen LogP contribution in [0.5, 0.6) is 0 Å². The summed E-state index contributed by atoms with van der Waals surface area (Å²) < 4.78 is 12.0. The van der Waals surface area contributed by atoms with Crippen molar-refractivity contribution in [3.8, 4) is 0 Å². The van der Waals surface area contributed by atoms with Crippen molar-refractivity contribution in [3.63, 3.8) is 0 Å². The van der Waals surface area contributed by atoms with Gasteiger partial charge in [-0.15, -0.1) is 0 Å². The maximum atomic E-state index is 14.2. The molecule has 5 amide bonds. The quantitative estimate of drug-likeness (QED) is 0.158. The SMILES string of the molecule is CCC.CCC(C)C(C(CC(=O)N1CCCC1C(OC)C(C)C(=O)NC(Cc1ccccc1)C(=O)N(CC)CC)OC)N(C)C(=O)CNC(=O)C(C(C)C)N1CCNCC1. The van der Waals surface area contributed by atoms with Crippen LogP contribution >= 0.6 is 0 Å². The molecule has 0 radical (unpaired) electrons. The number of methoxy groups -OCH3 is 2. The van der Waals surface area contributed by atoms with E-state index in [1.54, 1.807) is 42.9 Å². The van der Waals surface area contributed by atoms with Crippen LogP contribution in [-0.4, -0.2) is 159 Å². The number of benzene rings is 1. The standard InChI is InChI=1S/C43H73N7O7.C3H8/c1-11-30(6)39(47(8)37(52)28-45-42(54)38(29(4)5)49-24-21-44-22-25-49)35(56-9)27-36(51)50-23-17-20-34(50)40(57-10)31(7)41(53)46-33(43(55)48(12-2)13-3)26-32-18-15-14-16-19-32;1-3-2/h14-16,18-19,29-31,33-35,38-40,44H,11-13,17,20-28H2,1-10H3,(H,45,54)(H,46,53);3H2,1-2H3. The summed E-state index contributed by atoms with van der Waals surface area (Å²) in [5, 5.41) is 9.27. The van der Waals surface area contributed by atoms with Gasteiger partial charge in [0.15, 0.2) is 0 Å². The van der Waals surface area contributed by atoms with E-state index in [4.69, 9.17) is 9.47 Å². The number of rotatable bonds is 22. The van der Waals surface area contributed by atoms with Crippen LogP contribution in [-0.2, 0) is 39.9 Å².